The maximum atomic E-state index is 11.4. The minimum absolute atomic E-state index is 0.0465. The number of rotatable bonds is 1. The number of H-pyrrole nitrogens is 1. The molecular weight excluding hydrogens is 246 g/mol. The third-order valence-corrected chi connectivity index (χ3v) is 3.17. The van der Waals surface area contributed by atoms with Crippen LogP contribution in [0.15, 0.2) is 21.5 Å². The zero-order valence-corrected chi connectivity index (χ0v) is 9.34. The Morgan fingerprint density at radius 2 is 2.14 bits per heavy atom. The molecule has 0 bridgehead atoms. The lowest BCUT2D eigenvalue weighted by molar-refractivity contribution is 0.0845. The first-order valence-electron chi connectivity index (χ1n) is 4.73. The average molecular weight is 258 g/mol. The van der Waals surface area contributed by atoms with E-state index in [1.165, 1.54) is 0 Å². The van der Waals surface area contributed by atoms with Crippen LogP contribution in [0, 0.1) is 0 Å². The first-order chi connectivity index (χ1) is 6.77. The van der Waals surface area contributed by atoms with E-state index in [-0.39, 0.29) is 5.43 Å². The van der Waals surface area contributed by atoms with Crippen LogP contribution in [-0.2, 0) is 4.74 Å². The highest BCUT2D eigenvalue weighted by molar-refractivity contribution is 9.10. The summed E-state index contributed by atoms with van der Waals surface area (Å²) in [6, 6.07) is 1.68. The minimum atomic E-state index is 0.0465. The Balaban J connectivity index is 2.23. The number of hydrogen-bond donors (Lipinski definition) is 1. The van der Waals surface area contributed by atoms with Crippen molar-refractivity contribution < 1.29 is 4.74 Å². The van der Waals surface area contributed by atoms with Gasteiger partial charge in [-0.15, -0.1) is 0 Å². The lowest BCUT2D eigenvalue weighted by Crippen LogP contribution is -2.17. The van der Waals surface area contributed by atoms with Crippen LogP contribution in [-0.4, -0.2) is 18.2 Å². The van der Waals surface area contributed by atoms with Crippen LogP contribution >= 0.6 is 15.9 Å². The van der Waals surface area contributed by atoms with Gasteiger partial charge in [-0.2, -0.15) is 0 Å². The molecular formula is C10H12BrNO2. The average Bonchev–Trinajstić information content (AvgIpc) is 2.23. The van der Waals surface area contributed by atoms with E-state index in [1.807, 2.05) is 0 Å². The Kier molecular flexibility index (Phi) is 3.03. The van der Waals surface area contributed by atoms with Crippen molar-refractivity contribution in [2.75, 3.05) is 13.2 Å². The first kappa shape index (κ1) is 9.93. The Bertz CT molecular complexity index is 369. The van der Waals surface area contributed by atoms with Gasteiger partial charge in [0, 0.05) is 37.1 Å². The molecule has 0 radical (unpaired) electrons. The topological polar surface area (TPSA) is 42.1 Å². The molecule has 4 heteroatoms. The predicted molar refractivity (Wildman–Crippen MR) is 57.6 cm³/mol. The van der Waals surface area contributed by atoms with Gasteiger partial charge in [-0.3, -0.25) is 4.79 Å². The molecule has 0 saturated carbocycles. The van der Waals surface area contributed by atoms with Gasteiger partial charge < -0.3 is 9.72 Å². The van der Waals surface area contributed by atoms with Gasteiger partial charge in [-0.05, 0) is 28.8 Å². The van der Waals surface area contributed by atoms with Crippen molar-refractivity contribution in [2.45, 2.75) is 18.8 Å². The van der Waals surface area contributed by atoms with Gasteiger partial charge >= 0.3 is 0 Å². The minimum Gasteiger partial charge on any atom is -0.381 e. The SMILES string of the molecule is O=c1cc(C2CCOCC2)[nH]cc1Br. The monoisotopic (exact) mass is 257 g/mol. The van der Waals surface area contributed by atoms with Crippen molar-refractivity contribution >= 4 is 15.9 Å². The third-order valence-electron chi connectivity index (χ3n) is 2.55. The number of pyridine rings is 1. The molecule has 0 aliphatic carbocycles. The summed E-state index contributed by atoms with van der Waals surface area (Å²) in [7, 11) is 0. The lowest BCUT2D eigenvalue weighted by atomic mass is 9.96. The zero-order valence-electron chi connectivity index (χ0n) is 7.75. The molecule has 1 aromatic rings. The van der Waals surface area contributed by atoms with Crippen molar-refractivity contribution in [3.8, 4) is 0 Å². The Morgan fingerprint density at radius 3 is 2.79 bits per heavy atom. The van der Waals surface area contributed by atoms with E-state index in [2.05, 4.69) is 20.9 Å². The lowest BCUT2D eigenvalue weighted by Gasteiger charge is -2.21. The van der Waals surface area contributed by atoms with Gasteiger partial charge in [-0.25, -0.2) is 0 Å². The number of nitrogens with one attached hydrogen (secondary N) is 1. The summed E-state index contributed by atoms with van der Waals surface area (Å²) in [6.07, 6.45) is 3.71. The summed E-state index contributed by atoms with van der Waals surface area (Å²) in [5, 5.41) is 0. The Hall–Kier alpha value is -0.610. The normalized spacial score (nSPS) is 18.4. The molecule has 1 aliphatic heterocycles. The molecule has 0 atom stereocenters. The number of ether oxygens (including phenoxy) is 1. The van der Waals surface area contributed by atoms with Gasteiger partial charge in [0.1, 0.15) is 0 Å². The molecule has 76 valence electrons. The van der Waals surface area contributed by atoms with E-state index in [9.17, 15) is 4.79 Å². The van der Waals surface area contributed by atoms with Crippen LogP contribution in [0.1, 0.15) is 24.5 Å². The molecule has 0 unspecified atom stereocenters. The summed E-state index contributed by atoms with van der Waals surface area (Å²) < 4.78 is 5.86. The largest absolute Gasteiger partial charge is 0.381 e. The van der Waals surface area contributed by atoms with Crippen molar-refractivity contribution in [2.24, 2.45) is 0 Å². The van der Waals surface area contributed by atoms with Crippen molar-refractivity contribution in [3.05, 3.63) is 32.7 Å². The molecule has 0 aromatic carbocycles. The second-order valence-electron chi connectivity index (χ2n) is 3.49. The third kappa shape index (κ3) is 2.07. The highest BCUT2D eigenvalue weighted by Gasteiger charge is 2.16. The number of aromatic amines is 1. The molecule has 14 heavy (non-hydrogen) atoms. The van der Waals surface area contributed by atoms with E-state index in [0.29, 0.717) is 10.4 Å². The maximum Gasteiger partial charge on any atom is 0.195 e. The summed E-state index contributed by atoms with van der Waals surface area (Å²) in [6.45, 7) is 1.59. The van der Waals surface area contributed by atoms with Crippen LogP contribution in [0.2, 0.25) is 0 Å². The summed E-state index contributed by atoms with van der Waals surface area (Å²) in [5.41, 5.74) is 1.08. The highest BCUT2D eigenvalue weighted by Crippen LogP contribution is 2.24. The quantitative estimate of drug-likeness (QED) is 0.837. The molecule has 0 spiro atoms. The maximum absolute atomic E-state index is 11.4. The standard InChI is InChI=1S/C10H12BrNO2/c11-8-6-12-9(5-10(8)13)7-1-3-14-4-2-7/h5-7H,1-4H2,(H,12,13). The predicted octanol–water partition coefficient (Wildman–Crippen LogP) is 2.03. The highest BCUT2D eigenvalue weighted by atomic mass is 79.9. The molecule has 3 nitrogen and oxygen atoms in total. The summed E-state index contributed by atoms with van der Waals surface area (Å²) in [4.78, 5) is 14.5. The van der Waals surface area contributed by atoms with E-state index in [1.54, 1.807) is 12.3 Å². The Labute approximate surface area is 90.6 Å². The van der Waals surface area contributed by atoms with E-state index in [0.717, 1.165) is 31.7 Å². The van der Waals surface area contributed by atoms with Crippen LogP contribution in [0.3, 0.4) is 0 Å². The zero-order chi connectivity index (χ0) is 9.97. The Morgan fingerprint density at radius 1 is 1.43 bits per heavy atom. The molecule has 1 fully saturated rings. The van der Waals surface area contributed by atoms with Gasteiger partial charge in [-0.1, -0.05) is 0 Å². The van der Waals surface area contributed by atoms with Gasteiger partial charge in [0.2, 0.25) is 0 Å². The smallest absolute Gasteiger partial charge is 0.195 e. The van der Waals surface area contributed by atoms with Crippen LogP contribution in [0.25, 0.3) is 0 Å². The van der Waals surface area contributed by atoms with Crippen LogP contribution in [0.4, 0.5) is 0 Å². The summed E-state index contributed by atoms with van der Waals surface area (Å²) in [5.74, 6) is 0.449. The number of hydrogen-bond acceptors (Lipinski definition) is 2. The second-order valence-corrected chi connectivity index (χ2v) is 4.34. The van der Waals surface area contributed by atoms with Crippen molar-refractivity contribution in [1.29, 1.82) is 0 Å². The fourth-order valence-electron chi connectivity index (χ4n) is 1.71. The van der Waals surface area contributed by atoms with Gasteiger partial charge in [0.15, 0.2) is 5.43 Å². The first-order valence-corrected chi connectivity index (χ1v) is 5.52. The molecule has 2 rings (SSSR count). The second kappa shape index (κ2) is 4.28. The van der Waals surface area contributed by atoms with Crippen molar-refractivity contribution in [3.63, 3.8) is 0 Å². The number of aromatic nitrogens is 1. The van der Waals surface area contributed by atoms with Gasteiger partial charge in [0.25, 0.3) is 0 Å². The fraction of sp³-hybridized carbons (Fsp3) is 0.500. The fourth-order valence-corrected chi connectivity index (χ4v) is 1.94. The molecule has 1 aliphatic rings. The molecule has 1 N–H and O–H groups in total. The van der Waals surface area contributed by atoms with Crippen LogP contribution in [0.5, 0.6) is 0 Å². The van der Waals surface area contributed by atoms with E-state index < -0.39 is 0 Å². The number of halogens is 1. The molecule has 1 saturated heterocycles. The van der Waals surface area contributed by atoms with E-state index in [4.69, 9.17) is 4.74 Å². The van der Waals surface area contributed by atoms with Crippen molar-refractivity contribution in [1.82, 2.24) is 4.98 Å². The van der Waals surface area contributed by atoms with Crippen LogP contribution < -0.4 is 5.43 Å². The molecule has 2 heterocycles. The molecule has 0 amide bonds. The van der Waals surface area contributed by atoms with Gasteiger partial charge in [0.05, 0.1) is 4.47 Å². The summed E-state index contributed by atoms with van der Waals surface area (Å²) >= 11 is 3.18. The molecule has 1 aromatic heterocycles. The van der Waals surface area contributed by atoms with E-state index >= 15 is 0 Å².